The lowest BCUT2D eigenvalue weighted by atomic mass is 10.2. The zero-order valence-electron chi connectivity index (χ0n) is 15.5. The van der Waals surface area contributed by atoms with E-state index >= 15 is 0 Å². The van der Waals surface area contributed by atoms with Crippen LogP contribution >= 0.6 is 27.5 Å². The Labute approximate surface area is 173 Å². The lowest BCUT2D eigenvalue weighted by molar-refractivity contribution is -0.141. The van der Waals surface area contributed by atoms with E-state index in [1.807, 2.05) is 43.3 Å². The summed E-state index contributed by atoms with van der Waals surface area (Å²) in [5.41, 5.74) is 1.67. The molecule has 0 atom stereocenters. The van der Waals surface area contributed by atoms with E-state index in [1.54, 1.807) is 19.9 Å². The number of ether oxygens (including phenoxy) is 3. The number of rotatable bonds is 8. The largest absolute Gasteiger partial charge is 0.490 e. The molecule has 0 aromatic heterocycles. The minimum Gasteiger partial charge on any atom is -0.490 e. The number of hydrogen-bond donors (Lipinski definition) is 0. The summed E-state index contributed by atoms with van der Waals surface area (Å²) in [6.45, 7) is 6.31. The summed E-state index contributed by atoms with van der Waals surface area (Å²) in [5, 5.41) is 0.648. The van der Waals surface area contributed by atoms with E-state index in [9.17, 15) is 4.79 Å². The van der Waals surface area contributed by atoms with Gasteiger partial charge in [-0.15, -0.1) is 0 Å². The van der Waals surface area contributed by atoms with Crippen molar-refractivity contribution in [1.29, 1.82) is 0 Å². The van der Waals surface area contributed by atoms with Crippen molar-refractivity contribution >= 4 is 39.6 Å². The third kappa shape index (κ3) is 6.60. The van der Waals surface area contributed by atoms with Crippen LogP contribution in [-0.4, -0.2) is 18.7 Å². The van der Waals surface area contributed by atoms with Crippen LogP contribution in [0.25, 0.3) is 6.08 Å². The molecule has 0 aliphatic rings. The van der Waals surface area contributed by atoms with Crippen LogP contribution in [0.2, 0.25) is 5.02 Å². The van der Waals surface area contributed by atoms with Gasteiger partial charge in [0.25, 0.3) is 0 Å². The SMILES string of the molecule is CCOc1cc(/C=C/C(=O)OC(C)C)cc(Br)c1OCc1ccccc1Cl. The lowest BCUT2D eigenvalue weighted by Crippen LogP contribution is -2.08. The molecule has 0 bridgehead atoms. The molecule has 0 spiro atoms. The lowest BCUT2D eigenvalue weighted by Gasteiger charge is -2.15. The molecule has 27 heavy (non-hydrogen) atoms. The summed E-state index contributed by atoms with van der Waals surface area (Å²) in [6.07, 6.45) is 2.91. The normalized spacial score (nSPS) is 11.0. The summed E-state index contributed by atoms with van der Waals surface area (Å²) < 4.78 is 17.5. The van der Waals surface area contributed by atoms with Crippen LogP contribution in [0, 0.1) is 0 Å². The van der Waals surface area contributed by atoms with E-state index in [-0.39, 0.29) is 6.10 Å². The molecule has 0 radical (unpaired) electrons. The van der Waals surface area contributed by atoms with Crippen LogP contribution in [0.1, 0.15) is 31.9 Å². The molecule has 2 aromatic carbocycles. The molecule has 6 heteroatoms. The molecule has 0 aliphatic heterocycles. The molecule has 0 saturated heterocycles. The van der Waals surface area contributed by atoms with Crippen molar-refractivity contribution in [2.75, 3.05) is 6.61 Å². The fourth-order valence-electron chi connectivity index (χ4n) is 2.29. The molecule has 0 N–H and O–H groups in total. The van der Waals surface area contributed by atoms with Gasteiger partial charge in [-0.3, -0.25) is 0 Å². The van der Waals surface area contributed by atoms with Gasteiger partial charge in [0, 0.05) is 16.7 Å². The van der Waals surface area contributed by atoms with Gasteiger partial charge in [0.2, 0.25) is 0 Å². The molecule has 144 valence electrons. The minimum absolute atomic E-state index is 0.159. The highest BCUT2D eigenvalue weighted by molar-refractivity contribution is 9.10. The number of carbonyl (C=O) groups is 1. The third-order valence-corrected chi connectivity index (χ3v) is 4.38. The first-order valence-corrected chi connectivity index (χ1v) is 9.79. The molecule has 0 heterocycles. The van der Waals surface area contributed by atoms with Gasteiger partial charge in [-0.1, -0.05) is 29.8 Å². The predicted octanol–water partition coefficient (Wildman–Crippen LogP) is 6.05. The average Bonchev–Trinajstić information content (AvgIpc) is 2.60. The summed E-state index contributed by atoms with van der Waals surface area (Å²) >= 11 is 9.71. The zero-order chi connectivity index (χ0) is 19.8. The second-order valence-electron chi connectivity index (χ2n) is 5.96. The van der Waals surface area contributed by atoms with Crippen molar-refractivity contribution < 1.29 is 19.0 Å². The number of carbonyl (C=O) groups excluding carboxylic acids is 1. The monoisotopic (exact) mass is 452 g/mol. The van der Waals surface area contributed by atoms with Crippen LogP contribution in [0.15, 0.2) is 46.9 Å². The highest BCUT2D eigenvalue weighted by Crippen LogP contribution is 2.38. The number of hydrogen-bond acceptors (Lipinski definition) is 4. The molecular weight excluding hydrogens is 432 g/mol. The van der Waals surface area contributed by atoms with E-state index in [4.69, 9.17) is 25.8 Å². The Morgan fingerprint density at radius 2 is 1.96 bits per heavy atom. The van der Waals surface area contributed by atoms with Gasteiger partial charge in [-0.2, -0.15) is 0 Å². The first kappa shape index (κ1) is 21.3. The van der Waals surface area contributed by atoms with Crippen molar-refractivity contribution in [2.45, 2.75) is 33.5 Å². The first-order valence-electron chi connectivity index (χ1n) is 8.62. The smallest absolute Gasteiger partial charge is 0.331 e. The zero-order valence-corrected chi connectivity index (χ0v) is 17.8. The Balaban J connectivity index is 2.21. The molecule has 0 saturated carbocycles. The van der Waals surface area contributed by atoms with Crippen LogP contribution < -0.4 is 9.47 Å². The van der Waals surface area contributed by atoms with Crippen LogP contribution in [0.5, 0.6) is 11.5 Å². The highest BCUT2D eigenvalue weighted by Gasteiger charge is 2.13. The second kappa shape index (κ2) is 10.4. The van der Waals surface area contributed by atoms with E-state index < -0.39 is 5.97 Å². The molecule has 0 unspecified atom stereocenters. The Morgan fingerprint density at radius 3 is 2.63 bits per heavy atom. The molecule has 0 amide bonds. The van der Waals surface area contributed by atoms with Crippen molar-refractivity contribution in [3.63, 3.8) is 0 Å². The average molecular weight is 454 g/mol. The molecular formula is C21H22BrClO4. The quantitative estimate of drug-likeness (QED) is 0.361. The van der Waals surface area contributed by atoms with Gasteiger partial charge < -0.3 is 14.2 Å². The fraction of sp³-hybridized carbons (Fsp3) is 0.286. The molecule has 2 rings (SSSR count). The van der Waals surface area contributed by atoms with Crippen LogP contribution in [-0.2, 0) is 16.1 Å². The summed E-state index contributed by atoms with van der Waals surface area (Å²) in [4.78, 5) is 11.7. The van der Waals surface area contributed by atoms with Gasteiger partial charge in [0.15, 0.2) is 11.5 Å². The maximum atomic E-state index is 11.7. The maximum Gasteiger partial charge on any atom is 0.331 e. The Kier molecular flexibility index (Phi) is 8.20. The number of esters is 1. The van der Waals surface area contributed by atoms with Crippen molar-refractivity contribution in [2.24, 2.45) is 0 Å². The number of benzene rings is 2. The fourth-order valence-corrected chi connectivity index (χ4v) is 3.05. The van der Waals surface area contributed by atoms with Crippen LogP contribution in [0.4, 0.5) is 0 Å². The Hall–Kier alpha value is -1.98. The van der Waals surface area contributed by atoms with Gasteiger partial charge in [-0.05, 0) is 66.5 Å². The van der Waals surface area contributed by atoms with Gasteiger partial charge >= 0.3 is 5.97 Å². The summed E-state index contributed by atoms with van der Waals surface area (Å²) in [7, 11) is 0. The van der Waals surface area contributed by atoms with E-state index in [2.05, 4.69) is 15.9 Å². The first-order chi connectivity index (χ1) is 12.9. The Morgan fingerprint density at radius 1 is 1.22 bits per heavy atom. The Bertz CT molecular complexity index is 818. The maximum absolute atomic E-state index is 11.7. The van der Waals surface area contributed by atoms with Crippen molar-refractivity contribution in [3.8, 4) is 11.5 Å². The summed E-state index contributed by atoms with van der Waals surface area (Å²) in [6, 6.07) is 11.2. The molecule has 4 nitrogen and oxygen atoms in total. The van der Waals surface area contributed by atoms with Crippen molar-refractivity contribution in [3.05, 3.63) is 63.1 Å². The summed E-state index contributed by atoms with van der Waals surface area (Å²) in [5.74, 6) is 0.771. The van der Waals surface area contributed by atoms with E-state index in [1.165, 1.54) is 6.08 Å². The van der Waals surface area contributed by atoms with Gasteiger partial charge in [0.1, 0.15) is 6.61 Å². The third-order valence-electron chi connectivity index (χ3n) is 3.43. The van der Waals surface area contributed by atoms with E-state index in [0.29, 0.717) is 29.7 Å². The molecule has 0 fully saturated rings. The van der Waals surface area contributed by atoms with Gasteiger partial charge in [0.05, 0.1) is 17.2 Å². The standard InChI is InChI=1S/C21H22BrClO4/c1-4-25-19-12-15(9-10-20(24)27-14(2)3)11-17(22)21(19)26-13-16-7-5-6-8-18(16)23/h5-12,14H,4,13H2,1-3H3/b10-9+. The second-order valence-corrected chi connectivity index (χ2v) is 7.22. The minimum atomic E-state index is -0.391. The molecule has 2 aromatic rings. The topological polar surface area (TPSA) is 44.8 Å². The van der Waals surface area contributed by atoms with Crippen LogP contribution in [0.3, 0.4) is 0 Å². The van der Waals surface area contributed by atoms with Gasteiger partial charge in [-0.25, -0.2) is 4.79 Å². The highest BCUT2D eigenvalue weighted by atomic mass is 79.9. The molecule has 0 aliphatic carbocycles. The predicted molar refractivity (Wildman–Crippen MR) is 111 cm³/mol. The number of halogens is 2. The van der Waals surface area contributed by atoms with E-state index in [0.717, 1.165) is 15.6 Å². The van der Waals surface area contributed by atoms with Crippen molar-refractivity contribution in [1.82, 2.24) is 0 Å².